The molecule has 81 valence electrons. The highest BCUT2D eigenvalue weighted by Gasteiger charge is 2.11. The average Bonchev–Trinajstić information content (AvgIpc) is 2.34. The van der Waals surface area contributed by atoms with E-state index in [0.717, 1.165) is 6.42 Å². The fourth-order valence-corrected chi connectivity index (χ4v) is 1.97. The summed E-state index contributed by atoms with van der Waals surface area (Å²) < 4.78 is 0. The molecule has 0 fully saturated rings. The molecule has 0 aliphatic carbocycles. The molecular formula is C16H17. The van der Waals surface area contributed by atoms with Crippen LogP contribution >= 0.6 is 0 Å². The molecule has 2 aromatic rings. The van der Waals surface area contributed by atoms with Gasteiger partial charge in [0.1, 0.15) is 0 Å². The first-order valence-corrected chi connectivity index (χ1v) is 5.79. The molecule has 0 heterocycles. The van der Waals surface area contributed by atoms with Crippen molar-refractivity contribution < 1.29 is 0 Å². The normalized spacial score (nSPS) is 10.7. The predicted molar refractivity (Wildman–Crippen MR) is 69.4 cm³/mol. The Bertz CT molecular complexity index is 425. The fraction of sp³-hybridized carbons (Fsp3) is 0.188. The van der Waals surface area contributed by atoms with Crippen molar-refractivity contribution in [2.75, 3.05) is 0 Å². The second-order valence-corrected chi connectivity index (χ2v) is 4.06. The van der Waals surface area contributed by atoms with Crippen LogP contribution in [0.15, 0.2) is 54.6 Å². The maximum Gasteiger partial charge on any atom is 0.0337 e. The predicted octanol–water partition coefficient (Wildman–Crippen LogP) is 4.38. The molecule has 0 unspecified atom stereocenters. The summed E-state index contributed by atoms with van der Waals surface area (Å²) in [5, 5.41) is 0. The Balaban J connectivity index is 2.33. The highest BCUT2D eigenvalue weighted by Crippen LogP contribution is 2.26. The lowest BCUT2D eigenvalue weighted by molar-refractivity contribution is 0.989. The zero-order valence-electron chi connectivity index (χ0n) is 9.90. The highest BCUT2D eigenvalue weighted by molar-refractivity contribution is 5.45. The van der Waals surface area contributed by atoms with Gasteiger partial charge in [-0.1, -0.05) is 67.1 Å². The lowest BCUT2D eigenvalue weighted by Crippen LogP contribution is -2.00. The van der Waals surface area contributed by atoms with Gasteiger partial charge in [0.05, 0.1) is 0 Å². The molecule has 1 radical (unpaired) electrons. The first-order valence-electron chi connectivity index (χ1n) is 5.79. The van der Waals surface area contributed by atoms with Crippen LogP contribution in [-0.2, 0) is 0 Å². The number of hydrogen-bond acceptors (Lipinski definition) is 0. The molecule has 0 aromatic heterocycles. The van der Waals surface area contributed by atoms with E-state index in [1.165, 1.54) is 22.6 Å². The smallest absolute Gasteiger partial charge is 0.0337 e. The Hall–Kier alpha value is -1.56. The number of hydrogen-bond donors (Lipinski definition) is 0. The maximum atomic E-state index is 2.21. The van der Waals surface area contributed by atoms with E-state index in [4.69, 9.17) is 0 Å². The SMILES string of the molecule is CC[C](c1ccccc1)c1ccc(C)cc1. The van der Waals surface area contributed by atoms with E-state index in [2.05, 4.69) is 68.4 Å². The van der Waals surface area contributed by atoms with Gasteiger partial charge in [0.25, 0.3) is 0 Å². The largest absolute Gasteiger partial charge is 0.0642 e. The van der Waals surface area contributed by atoms with Gasteiger partial charge in [-0.15, -0.1) is 0 Å². The van der Waals surface area contributed by atoms with E-state index < -0.39 is 0 Å². The van der Waals surface area contributed by atoms with Crippen LogP contribution in [0.3, 0.4) is 0 Å². The van der Waals surface area contributed by atoms with Crippen molar-refractivity contribution in [3.8, 4) is 0 Å². The molecule has 0 aliphatic rings. The third kappa shape index (κ3) is 2.33. The summed E-state index contributed by atoms with van der Waals surface area (Å²) in [6.45, 7) is 4.33. The molecule has 2 rings (SSSR count). The van der Waals surface area contributed by atoms with Gasteiger partial charge in [0.2, 0.25) is 0 Å². The van der Waals surface area contributed by atoms with Crippen LogP contribution in [0.25, 0.3) is 0 Å². The maximum absolute atomic E-state index is 2.21. The van der Waals surface area contributed by atoms with Crippen molar-refractivity contribution in [2.45, 2.75) is 20.3 Å². The van der Waals surface area contributed by atoms with Crippen molar-refractivity contribution in [3.63, 3.8) is 0 Å². The first-order chi connectivity index (χ1) is 7.81. The topological polar surface area (TPSA) is 0 Å². The van der Waals surface area contributed by atoms with Gasteiger partial charge >= 0.3 is 0 Å². The van der Waals surface area contributed by atoms with Crippen molar-refractivity contribution in [2.24, 2.45) is 0 Å². The van der Waals surface area contributed by atoms with Gasteiger partial charge in [-0.25, -0.2) is 0 Å². The molecule has 0 N–H and O–H groups in total. The minimum Gasteiger partial charge on any atom is -0.0642 e. The van der Waals surface area contributed by atoms with E-state index in [1.807, 2.05) is 0 Å². The summed E-state index contributed by atoms with van der Waals surface area (Å²) in [6.07, 6.45) is 1.06. The Morgan fingerprint density at radius 3 is 1.94 bits per heavy atom. The van der Waals surface area contributed by atoms with Crippen molar-refractivity contribution in [3.05, 3.63) is 77.2 Å². The third-order valence-corrected chi connectivity index (χ3v) is 2.88. The zero-order chi connectivity index (χ0) is 11.4. The Labute approximate surface area is 97.9 Å². The van der Waals surface area contributed by atoms with Gasteiger partial charge in [0.15, 0.2) is 0 Å². The molecule has 16 heavy (non-hydrogen) atoms. The van der Waals surface area contributed by atoms with Gasteiger partial charge in [-0.05, 0) is 24.5 Å². The van der Waals surface area contributed by atoms with E-state index in [-0.39, 0.29) is 0 Å². The quantitative estimate of drug-likeness (QED) is 0.704. The molecular weight excluding hydrogens is 192 g/mol. The van der Waals surface area contributed by atoms with E-state index in [1.54, 1.807) is 0 Å². The minimum absolute atomic E-state index is 1.06. The summed E-state index contributed by atoms with van der Waals surface area (Å²) in [4.78, 5) is 0. The average molecular weight is 209 g/mol. The molecule has 0 nitrogen and oxygen atoms in total. The summed E-state index contributed by atoms with van der Waals surface area (Å²) in [6, 6.07) is 19.4. The Kier molecular flexibility index (Phi) is 3.40. The molecule has 0 bridgehead atoms. The lowest BCUT2D eigenvalue weighted by atomic mass is 9.89. The zero-order valence-corrected chi connectivity index (χ0v) is 9.90. The first kappa shape index (κ1) is 10.9. The van der Waals surface area contributed by atoms with Gasteiger partial charge in [-0.2, -0.15) is 0 Å². The highest BCUT2D eigenvalue weighted by atomic mass is 14.1. The van der Waals surface area contributed by atoms with Crippen LogP contribution in [0, 0.1) is 12.8 Å². The van der Waals surface area contributed by atoms with Gasteiger partial charge in [0, 0.05) is 5.92 Å². The number of benzene rings is 2. The van der Waals surface area contributed by atoms with E-state index in [9.17, 15) is 0 Å². The summed E-state index contributed by atoms with van der Waals surface area (Å²) in [5.41, 5.74) is 3.97. The number of aryl methyl sites for hydroxylation is 1. The summed E-state index contributed by atoms with van der Waals surface area (Å²) >= 11 is 0. The molecule has 0 heteroatoms. The Morgan fingerprint density at radius 2 is 1.38 bits per heavy atom. The second kappa shape index (κ2) is 4.98. The third-order valence-electron chi connectivity index (χ3n) is 2.88. The van der Waals surface area contributed by atoms with Gasteiger partial charge in [-0.3, -0.25) is 0 Å². The second-order valence-electron chi connectivity index (χ2n) is 4.06. The monoisotopic (exact) mass is 209 g/mol. The molecule has 0 aliphatic heterocycles. The minimum atomic E-state index is 1.06. The van der Waals surface area contributed by atoms with Crippen LogP contribution in [0.1, 0.15) is 30.0 Å². The van der Waals surface area contributed by atoms with Crippen LogP contribution < -0.4 is 0 Å². The summed E-state index contributed by atoms with van der Waals surface area (Å²) in [5.74, 6) is 1.42. The Morgan fingerprint density at radius 1 is 0.812 bits per heavy atom. The fourth-order valence-electron chi connectivity index (χ4n) is 1.97. The molecule has 0 saturated carbocycles. The van der Waals surface area contributed by atoms with Crippen molar-refractivity contribution >= 4 is 0 Å². The molecule has 0 atom stereocenters. The van der Waals surface area contributed by atoms with Crippen molar-refractivity contribution in [1.82, 2.24) is 0 Å². The number of rotatable bonds is 3. The van der Waals surface area contributed by atoms with E-state index >= 15 is 0 Å². The molecule has 2 aromatic carbocycles. The lowest BCUT2D eigenvalue weighted by Gasteiger charge is -2.15. The standard InChI is InChI=1S/C16H17/c1-3-16(14-7-5-4-6-8-14)15-11-9-13(2)10-12-15/h4-12H,3H2,1-2H3. The molecule has 0 saturated heterocycles. The van der Waals surface area contributed by atoms with Crippen molar-refractivity contribution in [1.29, 1.82) is 0 Å². The van der Waals surface area contributed by atoms with Crippen LogP contribution in [0.4, 0.5) is 0 Å². The van der Waals surface area contributed by atoms with Gasteiger partial charge < -0.3 is 0 Å². The van der Waals surface area contributed by atoms with Crippen LogP contribution in [-0.4, -0.2) is 0 Å². The molecule has 0 amide bonds. The van der Waals surface area contributed by atoms with E-state index in [0.29, 0.717) is 0 Å². The summed E-state index contributed by atoms with van der Waals surface area (Å²) in [7, 11) is 0. The van der Waals surface area contributed by atoms with Crippen LogP contribution in [0.2, 0.25) is 0 Å². The van der Waals surface area contributed by atoms with Crippen LogP contribution in [0.5, 0.6) is 0 Å². The molecule has 0 spiro atoms.